The second-order valence-electron chi connectivity index (χ2n) is 10.3. The topological polar surface area (TPSA) is 108 Å². The number of rotatable bonds is 4. The number of fused-ring (bicyclic) bond motifs is 2. The molecule has 41 heavy (non-hydrogen) atoms. The number of hydrogen-bond donors (Lipinski definition) is 1. The summed E-state index contributed by atoms with van der Waals surface area (Å²) >= 11 is 0. The molecule has 10 heteroatoms. The fraction of sp³-hybridized carbons (Fsp3) is 0.548. The average Bonchev–Trinajstić information content (AvgIpc) is 3.77. The number of primary amides is 1. The molecule has 1 aliphatic carbocycles. The van der Waals surface area contributed by atoms with Gasteiger partial charge >= 0.3 is 6.01 Å². The van der Waals surface area contributed by atoms with E-state index in [0.29, 0.717) is 25.1 Å². The van der Waals surface area contributed by atoms with Crippen molar-refractivity contribution in [1.29, 1.82) is 0 Å². The zero-order valence-electron chi connectivity index (χ0n) is 25.2. The van der Waals surface area contributed by atoms with Crippen molar-refractivity contribution >= 4 is 18.1 Å². The number of anilines is 1. The summed E-state index contributed by atoms with van der Waals surface area (Å²) in [6.07, 6.45) is 6.75. The molecule has 4 heterocycles. The van der Waals surface area contributed by atoms with Gasteiger partial charge in [0.25, 0.3) is 0 Å². The summed E-state index contributed by atoms with van der Waals surface area (Å²) in [5, 5.41) is 0. The zero-order valence-corrected chi connectivity index (χ0v) is 25.2. The molecule has 1 atom stereocenters. The van der Waals surface area contributed by atoms with Gasteiger partial charge in [-0.1, -0.05) is 44.7 Å². The molecular formula is C31H47N7O3. The molecular weight excluding hydrogens is 518 g/mol. The highest BCUT2D eigenvalue weighted by Crippen LogP contribution is 2.41. The van der Waals surface area contributed by atoms with E-state index in [1.807, 2.05) is 18.7 Å². The smallest absolute Gasteiger partial charge is 0.318 e. The molecule has 2 fully saturated rings. The molecule has 0 saturated carbocycles. The molecule has 2 amide bonds. The van der Waals surface area contributed by atoms with Gasteiger partial charge in [0, 0.05) is 50.9 Å². The first-order valence-corrected chi connectivity index (χ1v) is 14.7. The molecule has 3 aliphatic heterocycles. The molecule has 0 bridgehead atoms. The summed E-state index contributed by atoms with van der Waals surface area (Å²) in [6, 6.07) is 9.62. The first-order valence-electron chi connectivity index (χ1n) is 14.7. The van der Waals surface area contributed by atoms with Crippen LogP contribution >= 0.6 is 0 Å². The van der Waals surface area contributed by atoms with E-state index in [9.17, 15) is 4.79 Å². The number of aryl methyl sites for hydroxylation is 1. The van der Waals surface area contributed by atoms with E-state index in [1.54, 1.807) is 7.11 Å². The molecule has 6 rings (SSSR count). The third-order valence-corrected chi connectivity index (χ3v) is 7.88. The number of nitrogens with two attached hydrogens (primary N) is 1. The van der Waals surface area contributed by atoms with Crippen molar-refractivity contribution in [3.63, 3.8) is 0 Å². The van der Waals surface area contributed by atoms with Gasteiger partial charge in [-0.3, -0.25) is 14.5 Å². The molecule has 2 N–H and O–H groups in total. The Morgan fingerprint density at radius 1 is 1.05 bits per heavy atom. The van der Waals surface area contributed by atoms with Crippen molar-refractivity contribution in [2.75, 3.05) is 58.3 Å². The molecule has 224 valence electrons. The first kappa shape index (κ1) is 32.0. The van der Waals surface area contributed by atoms with E-state index < -0.39 is 0 Å². The normalized spacial score (nSPS) is 19.4. The van der Waals surface area contributed by atoms with Crippen LogP contribution < -0.4 is 15.4 Å². The number of amides is 2. The maximum absolute atomic E-state index is 11.9. The van der Waals surface area contributed by atoms with E-state index in [-0.39, 0.29) is 12.3 Å². The van der Waals surface area contributed by atoms with Crippen LogP contribution in [0.25, 0.3) is 0 Å². The van der Waals surface area contributed by atoms with Gasteiger partial charge < -0.3 is 25.2 Å². The van der Waals surface area contributed by atoms with Crippen LogP contribution in [0.2, 0.25) is 0 Å². The highest BCUT2D eigenvalue weighted by atomic mass is 16.5. The Bertz CT molecular complexity index is 1140. The molecule has 2 aromatic rings. The predicted molar refractivity (Wildman–Crippen MR) is 163 cm³/mol. The fourth-order valence-electron chi connectivity index (χ4n) is 5.87. The Morgan fingerprint density at radius 3 is 2.29 bits per heavy atom. The highest BCUT2D eigenvalue weighted by molar-refractivity contribution is 5.87. The summed E-state index contributed by atoms with van der Waals surface area (Å²) in [5.74, 6) is 0.947. The van der Waals surface area contributed by atoms with Gasteiger partial charge in [-0.05, 0) is 63.0 Å². The lowest BCUT2D eigenvalue weighted by Gasteiger charge is -2.35. The number of aromatic nitrogens is 2. The number of nitrogens with zero attached hydrogens (tertiary/aromatic N) is 6. The Kier molecular flexibility index (Phi) is 12.6. The molecule has 0 radical (unpaired) electrons. The van der Waals surface area contributed by atoms with Crippen LogP contribution in [0.15, 0.2) is 36.9 Å². The molecule has 4 aliphatic rings. The van der Waals surface area contributed by atoms with E-state index in [1.165, 1.54) is 48.7 Å². The number of benzene rings is 1. The monoisotopic (exact) mass is 565 g/mol. The Labute approximate surface area is 245 Å². The second kappa shape index (κ2) is 16.1. The van der Waals surface area contributed by atoms with E-state index >= 15 is 0 Å². The fourth-order valence-corrected chi connectivity index (χ4v) is 5.87. The highest BCUT2D eigenvalue weighted by Gasteiger charge is 2.35. The number of ether oxygens (including phenoxy) is 1. The van der Waals surface area contributed by atoms with E-state index in [0.717, 1.165) is 50.5 Å². The lowest BCUT2D eigenvalue weighted by molar-refractivity contribution is -0.126. The minimum absolute atomic E-state index is 0.00813. The van der Waals surface area contributed by atoms with Crippen molar-refractivity contribution < 1.29 is 14.3 Å². The van der Waals surface area contributed by atoms with Gasteiger partial charge in [0.15, 0.2) is 0 Å². The third-order valence-electron chi connectivity index (χ3n) is 7.88. The molecule has 1 aromatic heterocycles. The number of methoxy groups -OCH3 is 1. The number of hydrogen-bond acceptors (Lipinski definition) is 8. The molecule has 0 spiro atoms. The van der Waals surface area contributed by atoms with Crippen molar-refractivity contribution in [1.82, 2.24) is 24.7 Å². The molecule has 1 unspecified atom stereocenters. The summed E-state index contributed by atoms with van der Waals surface area (Å²) < 4.78 is 5.42. The first-order chi connectivity index (χ1) is 20.0. The lowest BCUT2D eigenvalue weighted by atomic mass is 10.1. The number of carbonyl (C=O) groups is 2. The van der Waals surface area contributed by atoms with Gasteiger partial charge in [0.1, 0.15) is 5.82 Å². The van der Waals surface area contributed by atoms with Crippen LogP contribution in [-0.4, -0.2) is 90.4 Å². The quantitative estimate of drug-likeness (QED) is 0.445. The number of carbonyl (C=O) groups excluding carboxylic acids is 2. The Hall–Kier alpha value is -3.50. The molecule has 10 nitrogen and oxygen atoms in total. The zero-order chi connectivity index (χ0) is 29.8. The van der Waals surface area contributed by atoms with Crippen molar-refractivity contribution in [2.24, 2.45) is 5.73 Å². The second-order valence-corrected chi connectivity index (χ2v) is 10.3. The largest absolute Gasteiger partial charge is 0.467 e. The standard InChI is InChI=1S/C23H27N5O2.C5H11N.C2H6.CH3NO/c1-3-21(29)26-10-12-27(13-11-26)22-18-14-28(15-19(18)24-23(25-22)30-2)20-9-8-16-6-4-5-7-17(16)20;1-6-4-2-3-5-6;1-2;2-1-3/h3-7,20H,1,8-15H2,2H3;2-5H2,1H3;1-2H3;1H,(H2,2,3). The van der Waals surface area contributed by atoms with E-state index in [4.69, 9.17) is 14.5 Å². The average molecular weight is 566 g/mol. The maximum atomic E-state index is 11.9. The summed E-state index contributed by atoms with van der Waals surface area (Å²) in [7, 11) is 3.79. The minimum atomic E-state index is -0.00813. The van der Waals surface area contributed by atoms with Crippen LogP contribution in [-0.2, 0) is 29.1 Å². The molecule has 2 saturated heterocycles. The SMILES string of the molecule is C=CC(=O)N1CCN(c2nc(OC)nc3c2CN(C2CCc4ccccc42)C3)CC1.CC.CN1CCCC1.NC=O. The van der Waals surface area contributed by atoms with Crippen LogP contribution in [0.5, 0.6) is 6.01 Å². The third kappa shape index (κ3) is 8.04. The lowest BCUT2D eigenvalue weighted by Crippen LogP contribution is -2.48. The van der Waals surface area contributed by atoms with Gasteiger partial charge in [-0.15, -0.1) is 0 Å². The van der Waals surface area contributed by atoms with Gasteiger partial charge in [-0.25, -0.2) is 0 Å². The summed E-state index contributed by atoms with van der Waals surface area (Å²) in [4.78, 5) is 38.9. The van der Waals surface area contributed by atoms with Gasteiger partial charge in [0.05, 0.1) is 12.8 Å². The van der Waals surface area contributed by atoms with Crippen LogP contribution in [0, 0.1) is 0 Å². The molecule has 1 aromatic carbocycles. The van der Waals surface area contributed by atoms with E-state index in [2.05, 4.69) is 63.3 Å². The number of piperazine rings is 1. The van der Waals surface area contributed by atoms with Gasteiger partial charge in [0.2, 0.25) is 12.3 Å². The predicted octanol–water partition coefficient (Wildman–Crippen LogP) is 3.16. The van der Waals surface area contributed by atoms with Crippen molar-refractivity contribution in [3.05, 3.63) is 59.3 Å². The number of likely N-dealkylation sites (tertiary alicyclic amines) is 1. The van der Waals surface area contributed by atoms with Crippen molar-refractivity contribution in [3.8, 4) is 6.01 Å². The summed E-state index contributed by atoms with van der Waals surface area (Å²) in [5.41, 5.74) is 9.34. The van der Waals surface area contributed by atoms with Crippen molar-refractivity contribution in [2.45, 2.75) is 58.7 Å². The Balaban J connectivity index is 0.000000359. The Morgan fingerprint density at radius 2 is 1.71 bits per heavy atom. The summed E-state index contributed by atoms with van der Waals surface area (Å²) in [6.45, 7) is 14.7. The van der Waals surface area contributed by atoms with Crippen LogP contribution in [0.4, 0.5) is 5.82 Å². The maximum Gasteiger partial charge on any atom is 0.318 e. The van der Waals surface area contributed by atoms with Crippen LogP contribution in [0.1, 0.15) is 61.5 Å². The van der Waals surface area contributed by atoms with Gasteiger partial charge in [-0.2, -0.15) is 9.97 Å². The minimum Gasteiger partial charge on any atom is -0.467 e. The van der Waals surface area contributed by atoms with Crippen LogP contribution in [0.3, 0.4) is 0 Å².